The number of amides is 1. The zero-order chi connectivity index (χ0) is 24.7. The number of fused-ring (bicyclic) bond motifs is 1. The van der Waals surface area contributed by atoms with Gasteiger partial charge in [-0.3, -0.25) is 4.79 Å². The monoisotopic (exact) mass is 479 g/mol. The summed E-state index contributed by atoms with van der Waals surface area (Å²) in [5.74, 6) is 0.125. The van der Waals surface area contributed by atoms with E-state index in [2.05, 4.69) is 107 Å². The summed E-state index contributed by atoms with van der Waals surface area (Å²) in [6.07, 6.45) is 6.60. The van der Waals surface area contributed by atoms with E-state index >= 15 is 0 Å². The first-order valence-corrected chi connectivity index (χ1v) is 13.3. The number of likely N-dealkylation sites (tertiary alicyclic amines) is 1. The lowest BCUT2D eigenvalue weighted by Gasteiger charge is -2.26. The minimum atomic E-state index is 0.00168. The summed E-state index contributed by atoms with van der Waals surface area (Å²) in [6.45, 7) is 6.90. The van der Waals surface area contributed by atoms with E-state index in [1.807, 2.05) is 0 Å². The van der Waals surface area contributed by atoms with Gasteiger partial charge in [0.2, 0.25) is 5.91 Å². The fourth-order valence-electron chi connectivity index (χ4n) is 5.55. The van der Waals surface area contributed by atoms with E-state index in [1.54, 1.807) is 0 Å². The Labute approximate surface area is 214 Å². The third-order valence-electron chi connectivity index (χ3n) is 7.42. The number of rotatable bonds is 9. The van der Waals surface area contributed by atoms with Gasteiger partial charge < -0.3 is 14.8 Å². The molecule has 1 amide bonds. The first-order chi connectivity index (χ1) is 17.7. The van der Waals surface area contributed by atoms with Crippen molar-refractivity contribution in [1.82, 2.24) is 14.8 Å². The molecular weight excluding hydrogens is 442 g/mol. The van der Waals surface area contributed by atoms with Crippen molar-refractivity contribution in [2.75, 3.05) is 26.2 Å². The predicted molar refractivity (Wildman–Crippen MR) is 148 cm³/mol. The summed E-state index contributed by atoms with van der Waals surface area (Å²) in [7, 11) is 0. The third-order valence-corrected chi connectivity index (χ3v) is 7.42. The van der Waals surface area contributed by atoms with Gasteiger partial charge in [0, 0.05) is 49.1 Å². The standard InChI is InChI=1S/C32H37N3O/c1-25-11-10-14-27(21-25)29(22-32(36)33-17-20-34-18-8-3-9-19-34)30-24-35(23-26-12-4-2-5-13-26)31-16-7-6-15-28(30)31/h2,4-7,10-16,21,24,29H,3,8-9,17-20,22-23H2,1H3,(H,33,36). The molecule has 1 atom stereocenters. The van der Waals surface area contributed by atoms with E-state index in [9.17, 15) is 4.79 Å². The van der Waals surface area contributed by atoms with Crippen LogP contribution in [0.1, 0.15) is 53.9 Å². The smallest absolute Gasteiger partial charge is 0.220 e. The predicted octanol–water partition coefficient (Wildman–Crippen LogP) is 6.12. The second kappa shape index (κ2) is 11.6. The first kappa shape index (κ1) is 24.3. The molecule has 3 aromatic carbocycles. The zero-order valence-corrected chi connectivity index (χ0v) is 21.3. The number of nitrogens with zero attached hydrogens (tertiary/aromatic N) is 2. The lowest BCUT2D eigenvalue weighted by Crippen LogP contribution is -2.38. The van der Waals surface area contributed by atoms with Gasteiger partial charge in [0.15, 0.2) is 0 Å². The molecule has 4 aromatic rings. The van der Waals surface area contributed by atoms with Crippen LogP contribution in [-0.2, 0) is 11.3 Å². The molecule has 0 spiro atoms. The summed E-state index contributed by atoms with van der Waals surface area (Å²) in [6, 6.07) is 27.8. The van der Waals surface area contributed by atoms with Crippen LogP contribution in [0.25, 0.3) is 10.9 Å². The molecule has 0 bridgehead atoms. The number of carbonyl (C=O) groups excluding carboxylic acids is 1. The molecule has 1 aliphatic rings. The molecule has 0 aliphatic carbocycles. The fraction of sp³-hybridized carbons (Fsp3) is 0.344. The molecule has 4 heteroatoms. The molecule has 1 N–H and O–H groups in total. The van der Waals surface area contributed by atoms with Gasteiger partial charge in [-0.05, 0) is 55.6 Å². The molecule has 36 heavy (non-hydrogen) atoms. The van der Waals surface area contributed by atoms with Crippen molar-refractivity contribution in [3.8, 4) is 0 Å². The zero-order valence-electron chi connectivity index (χ0n) is 21.3. The Hall–Kier alpha value is -3.37. The van der Waals surface area contributed by atoms with Gasteiger partial charge in [0.05, 0.1) is 0 Å². The summed E-state index contributed by atoms with van der Waals surface area (Å²) in [4.78, 5) is 15.7. The number of hydrogen-bond acceptors (Lipinski definition) is 2. The number of hydrogen-bond donors (Lipinski definition) is 1. The Kier molecular flexibility index (Phi) is 7.82. The van der Waals surface area contributed by atoms with Crippen LogP contribution in [0.3, 0.4) is 0 Å². The molecule has 4 nitrogen and oxygen atoms in total. The Balaban J connectivity index is 1.41. The van der Waals surface area contributed by atoms with Gasteiger partial charge in [-0.15, -0.1) is 0 Å². The summed E-state index contributed by atoms with van der Waals surface area (Å²) in [5, 5.41) is 4.45. The van der Waals surface area contributed by atoms with Gasteiger partial charge in [0.1, 0.15) is 0 Å². The SMILES string of the molecule is Cc1cccc(C(CC(=O)NCCN2CCCCC2)c2cn(Cc3ccccc3)c3ccccc23)c1. The number of nitrogens with one attached hydrogen (secondary N) is 1. The van der Waals surface area contributed by atoms with Crippen LogP contribution in [-0.4, -0.2) is 41.6 Å². The minimum Gasteiger partial charge on any atom is -0.355 e. The third kappa shape index (κ3) is 5.88. The number of aryl methyl sites for hydroxylation is 1. The van der Waals surface area contributed by atoms with Crippen molar-refractivity contribution >= 4 is 16.8 Å². The van der Waals surface area contributed by atoms with Crippen LogP contribution < -0.4 is 5.32 Å². The number of para-hydroxylation sites is 1. The normalized spacial score (nSPS) is 15.1. The fourth-order valence-corrected chi connectivity index (χ4v) is 5.55. The molecule has 1 saturated heterocycles. The van der Waals surface area contributed by atoms with Gasteiger partial charge >= 0.3 is 0 Å². The van der Waals surface area contributed by atoms with Gasteiger partial charge in [-0.25, -0.2) is 0 Å². The number of benzene rings is 3. The highest BCUT2D eigenvalue weighted by Gasteiger charge is 2.23. The molecular formula is C32H37N3O. The Morgan fingerprint density at radius 3 is 2.50 bits per heavy atom. The lowest BCUT2D eigenvalue weighted by atomic mass is 9.87. The number of aromatic nitrogens is 1. The maximum Gasteiger partial charge on any atom is 0.220 e. The van der Waals surface area contributed by atoms with Gasteiger partial charge in [-0.2, -0.15) is 0 Å². The molecule has 1 fully saturated rings. The Morgan fingerprint density at radius 2 is 1.69 bits per heavy atom. The lowest BCUT2D eigenvalue weighted by molar-refractivity contribution is -0.121. The van der Waals surface area contributed by atoms with E-state index in [0.29, 0.717) is 6.42 Å². The van der Waals surface area contributed by atoms with Crippen LogP contribution in [0.2, 0.25) is 0 Å². The largest absolute Gasteiger partial charge is 0.355 e. The molecule has 1 aromatic heterocycles. The molecule has 0 saturated carbocycles. The minimum absolute atomic E-state index is 0.00168. The van der Waals surface area contributed by atoms with Crippen LogP contribution in [0.4, 0.5) is 0 Å². The molecule has 1 aliphatic heterocycles. The van der Waals surface area contributed by atoms with Crippen LogP contribution in [0.5, 0.6) is 0 Å². The second-order valence-electron chi connectivity index (χ2n) is 10.1. The van der Waals surface area contributed by atoms with Crippen molar-refractivity contribution in [2.45, 2.75) is 45.1 Å². The average molecular weight is 480 g/mol. The summed E-state index contributed by atoms with van der Waals surface area (Å²) >= 11 is 0. The van der Waals surface area contributed by atoms with E-state index in [1.165, 1.54) is 52.4 Å². The van der Waals surface area contributed by atoms with Crippen molar-refractivity contribution < 1.29 is 4.79 Å². The molecule has 1 unspecified atom stereocenters. The van der Waals surface area contributed by atoms with Crippen LogP contribution in [0, 0.1) is 6.92 Å². The highest BCUT2D eigenvalue weighted by molar-refractivity contribution is 5.86. The number of piperidine rings is 1. The quantitative estimate of drug-likeness (QED) is 0.314. The highest BCUT2D eigenvalue weighted by atomic mass is 16.1. The maximum atomic E-state index is 13.2. The molecule has 2 heterocycles. The van der Waals surface area contributed by atoms with Crippen molar-refractivity contribution in [3.63, 3.8) is 0 Å². The molecule has 5 rings (SSSR count). The second-order valence-corrected chi connectivity index (χ2v) is 10.1. The summed E-state index contributed by atoms with van der Waals surface area (Å²) < 4.78 is 2.33. The van der Waals surface area contributed by atoms with Crippen LogP contribution in [0.15, 0.2) is 85.1 Å². The number of carbonyl (C=O) groups is 1. The highest BCUT2D eigenvalue weighted by Crippen LogP contribution is 2.35. The van der Waals surface area contributed by atoms with Crippen molar-refractivity contribution in [3.05, 3.63) is 107 Å². The molecule has 0 radical (unpaired) electrons. The van der Waals surface area contributed by atoms with Crippen molar-refractivity contribution in [2.24, 2.45) is 0 Å². The average Bonchev–Trinajstić information content (AvgIpc) is 3.26. The van der Waals surface area contributed by atoms with E-state index in [4.69, 9.17) is 0 Å². The van der Waals surface area contributed by atoms with Gasteiger partial charge in [0.25, 0.3) is 0 Å². The maximum absolute atomic E-state index is 13.2. The Morgan fingerprint density at radius 1 is 0.917 bits per heavy atom. The van der Waals surface area contributed by atoms with Gasteiger partial charge in [-0.1, -0.05) is 84.8 Å². The van der Waals surface area contributed by atoms with Crippen molar-refractivity contribution in [1.29, 1.82) is 0 Å². The van der Waals surface area contributed by atoms with E-state index in [-0.39, 0.29) is 11.8 Å². The topological polar surface area (TPSA) is 37.3 Å². The molecule has 186 valence electrons. The van der Waals surface area contributed by atoms with E-state index < -0.39 is 0 Å². The first-order valence-electron chi connectivity index (χ1n) is 13.3. The summed E-state index contributed by atoms with van der Waals surface area (Å²) in [5.41, 5.74) is 6.12. The Bertz CT molecular complexity index is 1290. The van der Waals surface area contributed by atoms with E-state index in [0.717, 1.165) is 32.7 Å². The van der Waals surface area contributed by atoms with Crippen LogP contribution >= 0.6 is 0 Å².